The Morgan fingerprint density at radius 1 is 1.38 bits per heavy atom. The van der Waals surface area contributed by atoms with Crippen LogP contribution in [0.5, 0.6) is 0 Å². The molecule has 0 N–H and O–H groups in total. The van der Waals surface area contributed by atoms with E-state index >= 15 is 0 Å². The van der Waals surface area contributed by atoms with Gasteiger partial charge in [0.05, 0.1) is 37.9 Å². The molecule has 0 aliphatic carbocycles. The summed E-state index contributed by atoms with van der Waals surface area (Å²) < 4.78 is 36.5. The van der Waals surface area contributed by atoms with E-state index in [0.717, 1.165) is 30.7 Å². The summed E-state index contributed by atoms with van der Waals surface area (Å²) in [5.74, 6) is 0. The maximum Gasteiger partial charge on any atom is 0.211 e. The first-order valence-electron chi connectivity index (χ1n) is 8.43. The summed E-state index contributed by atoms with van der Waals surface area (Å²) >= 11 is 0. The maximum atomic E-state index is 11.6. The van der Waals surface area contributed by atoms with Crippen LogP contribution >= 0.6 is 0 Å². The first-order valence-corrected chi connectivity index (χ1v) is 10.3. The van der Waals surface area contributed by atoms with E-state index in [1.54, 1.807) is 4.31 Å². The molecule has 1 aromatic rings. The zero-order valence-corrected chi connectivity index (χ0v) is 15.2. The van der Waals surface area contributed by atoms with E-state index in [9.17, 15) is 8.42 Å². The second-order valence-corrected chi connectivity index (χ2v) is 9.07. The zero-order chi connectivity index (χ0) is 17.2. The lowest BCUT2D eigenvalue weighted by Crippen LogP contribution is -2.43. The average molecular weight is 354 g/mol. The van der Waals surface area contributed by atoms with Gasteiger partial charge in [0.15, 0.2) is 0 Å². The fourth-order valence-electron chi connectivity index (χ4n) is 3.62. The molecule has 0 bridgehead atoms. The highest BCUT2D eigenvalue weighted by atomic mass is 32.2. The predicted molar refractivity (Wildman–Crippen MR) is 91.1 cm³/mol. The molecular formula is C17H26N2O4S. The van der Waals surface area contributed by atoms with Crippen molar-refractivity contribution in [2.24, 2.45) is 5.41 Å². The van der Waals surface area contributed by atoms with Gasteiger partial charge in [-0.05, 0) is 43.7 Å². The van der Waals surface area contributed by atoms with Gasteiger partial charge in [-0.15, -0.1) is 0 Å². The van der Waals surface area contributed by atoms with Crippen LogP contribution in [0.1, 0.15) is 30.7 Å². The molecule has 2 aliphatic rings. The van der Waals surface area contributed by atoms with Gasteiger partial charge in [0, 0.05) is 18.8 Å². The van der Waals surface area contributed by atoms with Gasteiger partial charge in [0.25, 0.3) is 0 Å². The van der Waals surface area contributed by atoms with Crippen molar-refractivity contribution < 1.29 is 17.9 Å². The minimum Gasteiger partial charge on any atom is -0.375 e. The Kier molecular flexibility index (Phi) is 5.24. The Morgan fingerprint density at radius 2 is 2.12 bits per heavy atom. The van der Waals surface area contributed by atoms with Crippen LogP contribution in [-0.4, -0.2) is 56.4 Å². The molecule has 3 heterocycles. The van der Waals surface area contributed by atoms with Gasteiger partial charge in [-0.3, -0.25) is 4.98 Å². The van der Waals surface area contributed by atoms with Crippen molar-refractivity contribution in [1.82, 2.24) is 9.29 Å². The number of pyridine rings is 1. The molecule has 3 rings (SSSR count). The smallest absolute Gasteiger partial charge is 0.211 e. The number of piperidine rings is 1. The summed E-state index contributed by atoms with van der Waals surface area (Å²) in [6, 6.07) is 5.92. The quantitative estimate of drug-likeness (QED) is 0.806. The number of rotatable bonds is 5. The number of sulfonamides is 1. The van der Waals surface area contributed by atoms with Gasteiger partial charge in [0.2, 0.25) is 10.0 Å². The normalized spacial score (nSPS) is 24.5. The highest BCUT2D eigenvalue weighted by molar-refractivity contribution is 7.88. The van der Waals surface area contributed by atoms with Gasteiger partial charge < -0.3 is 9.47 Å². The lowest BCUT2D eigenvalue weighted by atomic mass is 9.77. The minimum absolute atomic E-state index is 0.0968. The molecule has 0 aromatic carbocycles. The summed E-state index contributed by atoms with van der Waals surface area (Å²) in [7, 11) is -3.07. The fourth-order valence-corrected chi connectivity index (χ4v) is 4.46. The Bertz CT molecular complexity index is 669. The van der Waals surface area contributed by atoms with Crippen LogP contribution in [0.4, 0.5) is 0 Å². The molecule has 2 saturated heterocycles. The first kappa shape index (κ1) is 17.8. The van der Waals surface area contributed by atoms with Crippen molar-refractivity contribution in [1.29, 1.82) is 0 Å². The number of aryl methyl sites for hydroxylation is 1. The van der Waals surface area contributed by atoms with E-state index in [-0.39, 0.29) is 11.5 Å². The third-order valence-electron chi connectivity index (χ3n) is 5.04. The molecule has 0 amide bonds. The van der Waals surface area contributed by atoms with Crippen LogP contribution in [0.15, 0.2) is 18.2 Å². The highest BCUT2D eigenvalue weighted by Crippen LogP contribution is 2.42. The van der Waals surface area contributed by atoms with Gasteiger partial charge in [-0.25, -0.2) is 12.7 Å². The summed E-state index contributed by atoms with van der Waals surface area (Å²) in [4.78, 5) is 4.42. The second-order valence-electron chi connectivity index (χ2n) is 7.08. The molecule has 134 valence electrons. The van der Waals surface area contributed by atoms with E-state index in [0.29, 0.717) is 32.9 Å². The maximum absolute atomic E-state index is 11.6. The van der Waals surface area contributed by atoms with Gasteiger partial charge in [-0.1, -0.05) is 6.07 Å². The molecule has 2 aliphatic heterocycles. The first-order chi connectivity index (χ1) is 11.4. The molecule has 1 atom stereocenters. The summed E-state index contributed by atoms with van der Waals surface area (Å²) in [6.45, 7) is 4.94. The number of hydrogen-bond donors (Lipinski definition) is 0. The number of nitrogens with zero attached hydrogens (tertiary/aromatic N) is 2. The molecule has 1 spiro atoms. The van der Waals surface area contributed by atoms with E-state index in [1.165, 1.54) is 6.26 Å². The Balaban J connectivity index is 1.44. The van der Waals surface area contributed by atoms with Gasteiger partial charge in [0.1, 0.15) is 0 Å². The number of ether oxygens (including phenoxy) is 2. The standard InChI is InChI=1S/C17H26N2O4S/c1-14-4-3-5-15(18-14)11-22-12-16-10-17(13-23-16)6-8-19(9-7-17)24(2,20)21/h3-5,16H,6-13H2,1-2H3/t16-/m1/s1. The molecule has 1 aromatic heterocycles. The van der Waals surface area contributed by atoms with Crippen molar-refractivity contribution in [2.45, 2.75) is 38.9 Å². The molecule has 0 unspecified atom stereocenters. The van der Waals surface area contributed by atoms with Gasteiger partial charge in [-0.2, -0.15) is 0 Å². The van der Waals surface area contributed by atoms with Crippen LogP contribution in [0.25, 0.3) is 0 Å². The van der Waals surface area contributed by atoms with E-state index in [4.69, 9.17) is 9.47 Å². The lowest BCUT2D eigenvalue weighted by molar-refractivity contribution is 0.00648. The molecule has 24 heavy (non-hydrogen) atoms. The highest BCUT2D eigenvalue weighted by Gasteiger charge is 2.43. The van der Waals surface area contributed by atoms with Crippen LogP contribution in [0, 0.1) is 12.3 Å². The lowest BCUT2D eigenvalue weighted by Gasteiger charge is -2.37. The van der Waals surface area contributed by atoms with Crippen LogP contribution in [0.3, 0.4) is 0 Å². The summed E-state index contributed by atoms with van der Waals surface area (Å²) in [5, 5.41) is 0. The summed E-state index contributed by atoms with van der Waals surface area (Å²) in [6.07, 6.45) is 4.07. The Morgan fingerprint density at radius 3 is 2.79 bits per heavy atom. The van der Waals surface area contributed by atoms with Crippen LogP contribution in [-0.2, 0) is 26.1 Å². The third-order valence-corrected chi connectivity index (χ3v) is 6.34. The van der Waals surface area contributed by atoms with Crippen molar-refractivity contribution >= 4 is 10.0 Å². The fraction of sp³-hybridized carbons (Fsp3) is 0.706. The van der Waals surface area contributed by atoms with Crippen molar-refractivity contribution in [3.05, 3.63) is 29.6 Å². The number of aromatic nitrogens is 1. The third kappa shape index (κ3) is 4.33. The second kappa shape index (κ2) is 7.07. The van der Waals surface area contributed by atoms with Crippen LogP contribution in [0.2, 0.25) is 0 Å². The largest absolute Gasteiger partial charge is 0.375 e. The topological polar surface area (TPSA) is 68.7 Å². The van der Waals surface area contributed by atoms with Gasteiger partial charge >= 0.3 is 0 Å². The Labute approximate surface area is 144 Å². The summed E-state index contributed by atoms with van der Waals surface area (Å²) in [5.41, 5.74) is 2.05. The van der Waals surface area contributed by atoms with E-state index < -0.39 is 10.0 Å². The van der Waals surface area contributed by atoms with E-state index in [1.807, 2.05) is 25.1 Å². The van der Waals surface area contributed by atoms with Crippen molar-refractivity contribution in [2.75, 3.05) is 32.6 Å². The molecule has 6 nitrogen and oxygen atoms in total. The molecule has 7 heteroatoms. The van der Waals surface area contributed by atoms with E-state index in [2.05, 4.69) is 4.98 Å². The molecular weight excluding hydrogens is 328 g/mol. The minimum atomic E-state index is -3.07. The molecule has 2 fully saturated rings. The SMILES string of the molecule is Cc1cccc(COC[C@H]2CC3(CCN(S(C)(=O)=O)CC3)CO2)n1. The zero-order valence-electron chi connectivity index (χ0n) is 14.4. The van der Waals surface area contributed by atoms with Crippen molar-refractivity contribution in [3.63, 3.8) is 0 Å². The number of hydrogen-bond acceptors (Lipinski definition) is 5. The van der Waals surface area contributed by atoms with Crippen molar-refractivity contribution in [3.8, 4) is 0 Å². The molecule has 0 radical (unpaired) electrons. The molecule has 0 saturated carbocycles. The predicted octanol–water partition coefficient (Wildman–Crippen LogP) is 1.74. The van der Waals surface area contributed by atoms with Crippen LogP contribution < -0.4 is 0 Å². The Hall–Kier alpha value is -1.02. The average Bonchev–Trinajstić information content (AvgIpc) is 2.90. The monoisotopic (exact) mass is 354 g/mol.